The minimum Gasteiger partial charge on any atom is -0.385 e. The maximum Gasteiger partial charge on any atom is 0.158 e. The van der Waals surface area contributed by atoms with E-state index in [2.05, 4.69) is 12.1 Å². The number of carbonyl (C=O) groups excluding carboxylic acids is 1. The van der Waals surface area contributed by atoms with Gasteiger partial charge < -0.3 is 9.84 Å². The summed E-state index contributed by atoms with van der Waals surface area (Å²) < 4.78 is 5.64. The van der Waals surface area contributed by atoms with Gasteiger partial charge in [0, 0.05) is 25.9 Å². The van der Waals surface area contributed by atoms with Gasteiger partial charge in [-0.15, -0.1) is 0 Å². The van der Waals surface area contributed by atoms with Crippen LogP contribution in [0.15, 0.2) is 42.0 Å². The molecule has 1 saturated carbocycles. The molecule has 0 radical (unpaired) electrons. The van der Waals surface area contributed by atoms with Crippen LogP contribution < -0.4 is 0 Å². The lowest BCUT2D eigenvalue weighted by atomic mass is 9.66. The Morgan fingerprint density at radius 3 is 2.65 bits per heavy atom. The molecule has 3 heteroatoms. The van der Waals surface area contributed by atoms with Gasteiger partial charge in [0.15, 0.2) is 5.78 Å². The summed E-state index contributed by atoms with van der Waals surface area (Å²) >= 11 is 0. The van der Waals surface area contributed by atoms with Gasteiger partial charge in [-0.1, -0.05) is 30.3 Å². The average molecular weight is 272 g/mol. The molecule has 1 aromatic carbocycles. The molecule has 0 aromatic heterocycles. The Kier molecular flexibility index (Phi) is 3.07. The normalized spacial score (nSPS) is 36.6. The summed E-state index contributed by atoms with van der Waals surface area (Å²) in [5, 5.41) is 10.9. The molecule has 3 atom stereocenters. The maximum absolute atomic E-state index is 11.8. The van der Waals surface area contributed by atoms with Crippen LogP contribution in [0.25, 0.3) is 0 Å². The predicted molar refractivity (Wildman–Crippen MR) is 76.5 cm³/mol. The van der Waals surface area contributed by atoms with Gasteiger partial charge in [-0.3, -0.25) is 4.79 Å². The van der Waals surface area contributed by atoms with Crippen molar-refractivity contribution in [3.05, 3.63) is 47.5 Å². The average Bonchev–Trinajstić information content (AvgIpc) is 2.72. The van der Waals surface area contributed by atoms with Crippen LogP contribution in [0.4, 0.5) is 0 Å². The number of hydrogen-bond acceptors (Lipinski definition) is 3. The van der Waals surface area contributed by atoms with Crippen LogP contribution in [0.2, 0.25) is 0 Å². The zero-order chi connectivity index (χ0) is 14.4. The lowest BCUT2D eigenvalue weighted by Gasteiger charge is -2.46. The van der Waals surface area contributed by atoms with Crippen molar-refractivity contribution in [3.8, 4) is 0 Å². The summed E-state index contributed by atoms with van der Waals surface area (Å²) in [6.45, 7) is 2.01. The lowest BCUT2D eigenvalue weighted by Crippen LogP contribution is -2.48. The highest BCUT2D eigenvalue weighted by molar-refractivity contribution is 5.95. The van der Waals surface area contributed by atoms with Gasteiger partial charge in [-0.05, 0) is 30.6 Å². The van der Waals surface area contributed by atoms with Gasteiger partial charge in [0.2, 0.25) is 0 Å². The Labute approximate surface area is 119 Å². The first-order chi connectivity index (χ1) is 9.46. The van der Waals surface area contributed by atoms with Crippen molar-refractivity contribution in [1.82, 2.24) is 0 Å². The smallest absolute Gasteiger partial charge is 0.158 e. The van der Waals surface area contributed by atoms with E-state index in [1.165, 1.54) is 0 Å². The number of fused-ring (bicyclic) bond motifs is 1. The summed E-state index contributed by atoms with van der Waals surface area (Å²) in [7, 11) is 1.68. The maximum atomic E-state index is 11.8. The molecule has 3 unspecified atom stereocenters. The standard InChI is InChI=1S/C17H20O3/c1-16(20-2)10-14(12-6-4-3-5-7-12)15-8-13(18)9-17(15,19)11-16/h3-8,14,19H,9-11H2,1-2H3. The predicted octanol–water partition coefficient (Wildman–Crippen LogP) is 2.60. The van der Waals surface area contributed by atoms with E-state index < -0.39 is 11.2 Å². The molecule has 1 N–H and O–H groups in total. The van der Waals surface area contributed by atoms with Crippen LogP contribution in [0.5, 0.6) is 0 Å². The minimum absolute atomic E-state index is 0.0174. The van der Waals surface area contributed by atoms with Crippen LogP contribution in [-0.2, 0) is 9.53 Å². The van der Waals surface area contributed by atoms with Crippen LogP contribution in [-0.4, -0.2) is 29.2 Å². The molecule has 0 aliphatic heterocycles. The number of aliphatic hydroxyl groups is 1. The fraction of sp³-hybridized carbons (Fsp3) is 0.471. The highest BCUT2D eigenvalue weighted by Crippen LogP contribution is 2.52. The van der Waals surface area contributed by atoms with Gasteiger partial charge >= 0.3 is 0 Å². The number of allylic oxidation sites excluding steroid dienone is 1. The second kappa shape index (κ2) is 4.54. The SMILES string of the molecule is COC1(C)CC(c2ccccc2)C2=CC(=O)CC2(O)C1. The second-order valence-electron chi connectivity index (χ2n) is 6.27. The Morgan fingerprint density at radius 2 is 2.00 bits per heavy atom. The Balaban J connectivity index is 2.07. The van der Waals surface area contributed by atoms with E-state index >= 15 is 0 Å². The lowest BCUT2D eigenvalue weighted by molar-refractivity contribution is -0.120. The summed E-state index contributed by atoms with van der Waals surface area (Å²) in [6, 6.07) is 10.1. The third-order valence-corrected chi connectivity index (χ3v) is 4.69. The first kappa shape index (κ1) is 13.5. The quantitative estimate of drug-likeness (QED) is 0.900. The van der Waals surface area contributed by atoms with Crippen molar-refractivity contribution in [2.24, 2.45) is 0 Å². The largest absolute Gasteiger partial charge is 0.385 e. The topological polar surface area (TPSA) is 46.5 Å². The molecule has 1 aromatic rings. The molecule has 0 amide bonds. The number of carbonyl (C=O) groups is 1. The summed E-state index contributed by atoms with van der Waals surface area (Å²) in [5.41, 5.74) is 0.552. The van der Waals surface area contributed by atoms with Crippen LogP contribution in [0.3, 0.4) is 0 Å². The number of methoxy groups -OCH3 is 1. The van der Waals surface area contributed by atoms with Crippen molar-refractivity contribution < 1.29 is 14.6 Å². The third kappa shape index (κ3) is 2.11. The van der Waals surface area contributed by atoms with Crippen LogP contribution >= 0.6 is 0 Å². The van der Waals surface area contributed by atoms with E-state index in [-0.39, 0.29) is 18.1 Å². The molecule has 0 heterocycles. The Bertz CT molecular complexity index is 563. The van der Waals surface area contributed by atoms with E-state index in [1.54, 1.807) is 13.2 Å². The van der Waals surface area contributed by atoms with Crippen molar-refractivity contribution in [1.29, 1.82) is 0 Å². The van der Waals surface area contributed by atoms with E-state index in [4.69, 9.17) is 4.74 Å². The highest BCUT2D eigenvalue weighted by Gasteiger charge is 2.52. The molecule has 2 aliphatic rings. The van der Waals surface area contributed by atoms with E-state index in [1.807, 2.05) is 25.1 Å². The molecule has 20 heavy (non-hydrogen) atoms. The third-order valence-electron chi connectivity index (χ3n) is 4.69. The van der Waals surface area contributed by atoms with Gasteiger partial charge in [-0.2, -0.15) is 0 Å². The number of benzene rings is 1. The van der Waals surface area contributed by atoms with Gasteiger partial charge in [0.1, 0.15) is 0 Å². The first-order valence-corrected chi connectivity index (χ1v) is 7.03. The van der Waals surface area contributed by atoms with Crippen molar-refractivity contribution in [3.63, 3.8) is 0 Å². The summed E-state index contributed by atoms with van der Waals surface area (Å²) in [4.78, 5) is 11.8. The van der Waals surface area contributed by atoms with E-state index in [0.717, 1.165) is 17.6 Å². The van der Waals surface area contributed by atoms with Gasteiger partial charge in [0.25, 0.3) is 0 Å². The fourth-order valence-corrected chi connectivity index (χ4v) is 3.71. The summed E-state index contributed by atoms with van der Waals surface area (Å²) in [5.74, 6) is 0.0649. The molecule has 0 bridgehead atoms. The molecule has 2 aliphatic carbocycles. The Hall–Kier alpha value is -1.45. The monoisotopic (exact) mass is 272 g/mol. The number of ketones is 1. The number of ether oxygens (including phenoxy) is 1. The molecule has 3 nitrogen and oxygen atoms in total. The van der Waals surface area contributed by atoms with Crippen molar-refractivity contribution >= 4 is 5.78 Å². The molecule has 1 fully saturated rings. The minimum atomic E-state index is -1.04. The van der Waals surface area contributed by atoms with Crippen molar-refractivity contribution in [2.75, 3.05) is 7.11 Å². The van der Waals surface area contributed by atoms with E-state index in [9.17, 15) is 9.90 Å². The zero-order valence-electron chi connectivity index (χ0n) is 11.9. The summed E-state index contributed by atoms with van der Waals surface area (Å²) in [6.07, 6.45) is 3.10. The van der Waals surface area contributed by atoms with Crippen molar-refractivity contribution in [2.45, 2.75) is 43.3 Å². The van der Waals surface area contributed by atoms with E-state index in [0.29, 0.717) is 6.42 Å². The molecular formula is C17H20O3. The fourth-order valence-electron chi connectivity index (χ4n) is 3.71. The number of rotatable bonds is 2. The molecule has 106 valence electrons. The first-order valence-electron chi connectivity index (χ1n) is 7.03. The van der Waals surface area contributed by atoms with Gasteiger partial charge in [0.05, 0.1) is 11.2 Å². The zero-order valence-corrected chi connectivity index (χ0v) is 11.9. The van der Waals surface area contributed by atoms with Crippen LogP contribution in [0, 0.1) is 0 Å². The molecule has 3 rings (SSSR count). The molecule has 0 spiro atoms. The van der Waals surface area contributed by atoms with Crippen LogP contribution in [0.1, 0.15) is 37.7 Å². The number of hydrogen-bond donors (Lipinski definition) is 1. The second-order valence-corrected chi connectivity index (χ2v) is 6.27. The Morgan fingerprint density at radius 1 is 1.30 bits per heavy atom. The van der Waals surface area contributed by atoms with Gasteiger partial charge in [-0.25, -0.2) is 0 Å². The molecule has 0 saturated heterocycles. The molecular weight excluding hydrogens is 252 g/mol. The highest BCUT2D eigenvalue weighted by atomic mass is 16.5.